The summed E-state index contributed by atoms with van der Waals surface area (Å²) in [5, 5.41) is 6.12. The summed E-state index contributed by atoms with van der Waals surface area (Å²) in [6.07, 6.45) is 2.42. The summed E-state index contributed by atoms with van der Waals surface area (Å²) in [4.78, 5) is 12.1. The average Bonchev–Trinajstić information content (AvgIpc) is 3.09. The van der Waals surface area contributed by atoms with Crippen molar-refractivity contribution >= 4 is 21.6 Å². The number of hydrogen-bond donors (Lipinski definition) is 2. The second kappa shape index (κ2) is 9.15. The van der Waals surface area contributed by atoms with Crippen LogP contribution in [0, 0.1) is 0 Å². The lowest BCUT2D eigenvalue weighted by Crippen LogP contribution is -2.30. The van der Waals surface area contributed by atoms with Crippen molar-refractivity contribution < 1.29 is 13.2 Å². The molecule has 1 heterocycles. The molecule has 1 aliphatic rings. The summed E-state index contributed by atoms with van der Waals surface area (Å²) < 4.78 is 25.8. The van der Waals surface area contributed by atoms with E-state index in [1.807, 2.05) is 31.2 Å². The number of rotatable bonds is 9. The van der Waals surface area contributed by atoms with Gasteiger partial charge < -0.3 is 10.6 Å². The van der Waals surface area contributed by atoms with Crippen LogP contribution in [0.1, 0.15) is 38.2 Å². The molecule has 1 aliphatic heterocycles. The van der Waals surface area contributed by atoms with E-state index in [9.17, 15) is 13.2 Å². The second-order valence-corrected chi connectivity index (χ2v) is 8.10. The predicted molar refractivity (Wildman–Crippen MR) is 96.3 cm³/mol. The smallest absolute Gasteiger partial charge is 0.224 e. The van der Waals surface area contributed by atoms with Gasteiger partial charge in [0.05, 0.1) is 5.75 Å². The predicted octanol–water partition coefficient (Wildman–Crippen LogP) is 1.94. The lowest BCUT2D eigenvalue weighted by Gasteiger charge is -2.15. The summed E-state index contributed by atoms with van der Waals surface area (Å²) in [6.45, 7) is 4.81. The summed E-state index contributed by atoms with van der Waals surface area (Å²) >= 11 is 0. The molecule has 7 heteroatoms. The van der Waals surface area contributed by atoms with Crippen molar-refractivity contribution in [3.8, 4) is 0 Å². The molecule has 1 amide bonds. The zero-order chi connectivity index (χ0) is 17.4. The van der Waals surface area contributed by atoms with Crippen LogP contribution in [-0.4, -0.2) is 44.0 Å². The minimum Gasteiger partial charge on any atom is -0.326 e. The molecule has 0 aliphatic carbocycles. The molecule has 1 aromatic carbocycles. The Labute approximate surface area is 144 Å². The monoisotopic (exact) mass is 353 g/mol. The van der Waals surface area contributed by atoms with Crippen molar-refractivity contribution in [2.75, 3.05) is 30.7 Å². The van der Waals surface area contributed by atoms with E-state index in [2.05, 4.69) is 10.6 Å². The van der Waals surface area contributed by atoms with Crippen molar-refractivity contribution in [1.82, 2.24) is 9.62 Å². The molecule has 1 aromatic rings. The minimum atomic E-state index is -3.21. The molecule has 0 aromatic heterocycles. The zero-order valence-corrected chi connectivity index (χ0v) is 15.1. The first-order valence-corrected chi connectivity index (χ1v) is 10.2. The van der Waals surface area contributed by atoms with E-state index >= 15 is 0 Å². The van der Waals surface area contributed by atoms with Crippen molar-refractivity contribution in [3.05, 3.63) is 29.8 Å². The number of hydrogen-bond acceptors (Lipinski definition) is 4. The third-order valence-electron chi connectivity index (χ3n) is 4.12. The molecule has 0 unspecified atom stereocenters. The van der Waals surface area contributed by atoms with Gasteiger partial charge in [0.1, 0.15) is 0 Å². The standard InChI is InChI=1S/C17H27N3O3S/c1-2-18-14-15-8-3-4-9-16(15)19-17(21)10-7-13-24(22,23)20-11-5-6-12-20/h3-4,8-9,18H,2,5-7,10-14H2,1H3,(H,19,21). The number of carbonyl (C=O) groups excluding carboxylic acids is 1. The van der Waals surface area contributed by atoms with Gasteiger partial charge in [0.2, 0.25) is 15.9 Å². The molecular weight excluding hydrogens is 326 g/mol. The molecule has 6 nitrogen and oxygen atoms in total. The van der Waals surface area contributed by atoms with Gasteiger partial charge in [0.25, 0.3) is 0 Å². The van der Waals surface area contributed by atoms with Gasteiger partial charge in [0, 0.05) is 31.7 Å². The minimum absolute atomic E-state index is 0.0411. The van der Waals surface area contributed by atoms with Gasteiger partial charge in [-0.05, 0) is 37.4 Å². The highest BCUT2D eigenvalue weighted by Crippen LogP contribution is 2.17. The Morgan fingerprint density at radius 3 is 2.62 bits per heavy atom. The summed E-state index contributed by atoms with van der Waals surface area (Å²) in [7, 11) is -3.21. The van der Waals surface area contributed by atoms with Gasteiger partial charge in [-0.15, -0.1) is 0 Å². The highest BCUT2D eigenvalue weighted by atomic mass is 32.2. The van der Waals surface area contributed by atoms with Gasteiger partial charge in [-0.2, -0.15) is 0 Å². The highest BCUT2D eigenvalue weighted by Gasteiger charge is 2.24. The molecule has 24 heavy (non-hydrogen) atoms. The van der Waals surface area contributed by atoms with E-state index in [1.165, 1.54) is 4.31 Å². The van der Waals surface area contributed by atoms with Crippen molar-refractivity contribution in [2.45, 2.75) is 39.2 Å². The molecule has 1 saturated heterocycles. The summed E-state index contributed by atoms with van der Waals surface area (Å²) in [5.74, 6) is -0.102. The van der Waals surface area contributed by atoms with Crippen LogP contribution in [0.15, 0.2) is 24.3 Å². The van der Waals surface area contributed by atoms with E-state index in [4.69, 9.17) is 0 Å². The van der Waals surface area contributed by atoms with Gasteiger partial charge in [-0.3, -0.25) is 4.79 Å². The number of para-hydroxylation sites is 1. The van der Waals surface area contributed by atoms with E-state index in [1.54, 1.807) is 0 Å². The third-order valence-corrected chi connectivity index (χ3v) is 6.08. The molecule has 2 N–H and O–H groups in total. The van der Waals surface area contributed by atoms with Gasteiger partial charge in [-0.25, -0.2) is 12.7 Å². The Hall–Kier alpha value is -1.44. The highest BCUT2D eigenvalue weighted by molar-refractivity contribution is 7.89. The first kappa shape index (κ1) is 18.9. The maximum atomic E-state index is 12.1. The topological polar surface area (TPSA) is 78.5 Å². The maximum absolute atomic E-state index is 12.1. The van der Waals surface area contributed by atoms with Crippen LogP contribution in [0.25, 0.3) is 0 Å². The van der Waals surface area contributed by atoms with Gasteiger partial charge >= 0.3 is 0 Å². The van der Waals surface area contributed by atoms with Gasteiger partial charge in [-0.1, -0.05) is 25.1 Å². The molecule has 134 valence electrons. The number of carbonyl (C=O) groups is 1. The van der Waals surface area contributed by atoms with Crippen LogP contribution in [0.2, 0.25) is 0 Å². The fraction of sp³-hybridized carbons (Fsp3) is 0.588. The van der Waals surface area contributed by atoms with Gasteiger partial charge in [0.15, 0.2) is 0 Å². The number of nitrogens with one attached hydrogen (secondary N) is 2. The van der Waals surface area contributed by atoms with E-state index in [0.717, 1.165) is 30.6 Å². The van der Waals surface area contributed by atoms with Crippen LogP contribution in [0.5, 0.6) is 0 Å². The molecular formula is C17H27N3O3S. The molecule has 0 saturated carbocycles. The maximum Gasteiger partial charge on any atom is 0.224 e. The number of nitrogens with zero attached hydrogens (tertiary/aromatic N) is 1. The average molecular weight is 353 g/mol. The molecule has 2 rings (SSSR count). The second-order valence-electron chi connectivity index (χ2n) is 6.01. The van der Waals surface area contributed by atoms with Crippen molar-refractivity contribution in [2.24, 2.45) is 0 Å². The third kappa shape index (κ3) is 5.58. The quantitative estimate of drug-likeness (QED) is 0.711. The fourth-order valence-corrected chi connectivity index (χ4v) is 4.36. The Balaban J connectivity index is 1.81. The van der Waals surface area contributed by atoms with Crippen LogP contribution in [0.4, 0.5) is 5.69 Å². The normalized spacial score (nSPS) is 15.5. The Kier molecular flexibility index (Phi) is 7.20. The van der Waals surface area contributed by atoms with E-state index in [-0.39, 0.29) is 18.1 Å². The zero-order valence-electron chi connectivity index (χ0n) is 14.3. The molecule has 1 fully saturated rings. The number of sulfonamides is 1. The lowest BCUT2D eigenvalue weighted by molar-refractivity contribution is -0.116. The van der Waals surface area contributed by atoms with E-state index in [0.29, 0.717) is 26.1 Å². The summed E-state index contributed by atoms with van der Waals surface area (Å²) in [6, 6.07) is 7.65. The van der Waals surface area contributed by atoms with E-state index < -0.39 is 10.0 Å². The first-order chi connectivity index (χ1) is 11.5. The number of benzene rings is 1. The largest absolute Gasteiger partial charge is 0.326 e. The SMILES string of the molecule is CCNCc1ccccc1NC(=O)CCCS(=O)(=O)N1CCCC1. The molecule has 0 atom stereocenters. The Morgan fingerprint density at radius 1 is 1.21 bits per heavy atom. The Bertz CT molecular complexity index is 640. The van der Waals surface area contributed by atoms with Crippen LogP contribution < -0.4 is 10.6 Å². The Morgan fingerprint density at radius 2 is 1.92 bits per heavy atom. The van der Waals surface area contributed by atoms with Crippen LogP contribution >= 0.6 is 0 Å². The molecule has 0 bridgehead atoms. The molecule has 0 radical (unpaired) electrons. The van der Waals surface area contributed by atoms with Crippen LogP contribution in [-0.2, 0) is 21.4 Å². The lowest BCUT2D eigenvalue weighted by atomic mass is 10.1. The van der Waals surface area contributed by atoms with Crippen molar-refractivity contribution in [3.63, 3.8) is 0 Å². The van der Waals surface area contributed by atoms with Crippen LogP contribution in [0.3, 0.4) is 0 Å². The van der Waals surface area contributed by atoms with Crippen molar-refractivity contribution in [1.29, 1.82) is 0 Å². The fourth-order valence-electron chi connectivity index (χ4n) is 2.78. The number of amides is 1. The number of anilines is 1. The molecule has 0 spiro atoms. The summed E-state index contributed by atoms with van der Waals surface area (Å²) in [5.41, 5.74) is 1.81. The first-order valence-electron chi connectivity index (χ1n) is 8.59.